The van der Waals surface area contributed by atoms with Crippen molar-refractivity contribution < 1.29 is 22.7 Å². The topological polar surface area (TPSA) is 41.6 Å². The highest BCUT2D eigenvalue weighted by Crippen LogP contribution is 2.24. The number of hydrogen-bond acceptors (Lipinski definition) is 2. The van der Waals surface area contributed by atoms with Gasteiger partial charge in [-0.05, 0) is 43.0 Å². The predicted octanol–water partition coefficient (Wildman–Crippen LogP) is 4.88. The summed E-state index contributed by atoms with van der Waals surface area (Å²) in [5.74, 6) is 0.306. The second-order valence-corrected chi connectivity index (χ2v) is 5.17. The van der Waals surface area contributed by atoms with E-state index in [0.29, 0.717) is 24.7 Å². The standard InChI is InChI=1S/C14H17F3N2O2.C2H6/c1-10-6-8-19(9-7-10)13(20)18-11-2-4-12(5-3-11)21-14(15,16)17;1-2/h2-5,10H,6-9H2,1H3,(H,18,20);1-2H3. The summed E-state index contributed by atoms with van der Waals surface area (Å²) in [6.45, 7) is 7.54. The number of amides is 2. The fourth-order valence-electron chi connectivity index (χ4n) is 2.15. The number of nitrogens with one attached hydrogen (secondary N) is 1. The molecule has 0 bridgehead atoms. The Morgan fingerprint density at radius 1 is 1.17 bits per heavy atom. The van der Waals surface area contributed by atoms with Crippen LogP contribution in [0.1, 0.15) is 33.6 Å². The highest BCUT2D eigenvalue weighted by atomic mass is 19.4. The summed E-state index contributed by atoms with van der Waals surface area (Å²) < 4.78 is 39.9. The second-order valence-electron chi connectivity index (χ2n) is 5.17. The van der Waals surface area contributed by atoms with Crippen LogP contribution in [-0.2, 0) is 0 Å². The van der Waals surface area contributed by atoms with Crippen molar-refractivity contribution in [2.45, 2.75) is 40.0 Å². The van der Waals surface area contributed by atoms with Crippen molar-refractivity contribution in [1.29, 1.82) is 0 Å². The number of likely N-dealkylation sites (tertiary alicyclic amines) is 1. The van der Waals surface area contributed by atoms with Crippen LogP contribution in [0, 0.1) is 5.92 Å². The summed E-state index contributed by atoms with van der Waals surface area (Å²) in [4.78, 5) is 13.7. The number of hydrogen-bond donors (Lipinski definition) is 1. The van der Waals surface area contributed by atoms with E-state index in [0.717, 1.165) is 12.8 Å². The fourth-order valence-corrected chi connectivity index (χ4v) is 2.15. The van der Waals surface area contributed by atoms with Gasteiger partial charge in [0.1, 0.15) is 5.75 Å². The molecule has 1 fully saturated rings. The molecule has 0 atom stereocenters. The lowest BCUT2D eigenvalue weighted by Crippen LogP contribution is -2.40. The van der Waals surface area contributed by atoms with Gasteiger partial charge in [0.2, 0.25) is 0 Å². The number of nitrogens with zero attached hydrogens (tertiary/aromatic N) is 1. The van der Waals surface area contributed by atoms with Crippen molar-refractivity contribution in [3.63, 3.8) is 0 Å². The molecule has 7 heteroatoms. The molecule has 1 aromatic rings. The fraction of sp³-hybridized carbons (Fsp3) is 0.562. The van der Waals surface area contributed by atoms with Gasteiger partial charge in [-0.25, -0.2) is 4.79 Å². The molecule has 0 aliphatic carbocycles. The number of alkyl halides is 3. The van der Waals surface area contributed by atoms with E-state index in [1.807, 2.05) is 13.8 Å². The third-order valence-corrected chi connectivity index (χ3v) is 3.41. The minimum atomic E-state index is -4.71. The van der Waals surface area contributed by atoms with Crippen LogP contribution in [0.3, 0.4) is 0 Å². The molecular formula is C16H23F3N2O2. The van der Waals surface area contributed by atoms with Crippen molar-refractivity contribution in [3.05, 3.63) is 24.3 Å². The number of piperidine rings is 1. The van der Waals surface area contributed by atoms with E-state index in [9.17, 15) is 18.0 Å². The molecule has 2 amide bonds. The monoisotopic (exact) mass is 332 g/mol. The first-order chi connectivity index (χ1) is 10.8. The zero-order valence-corrected chi connectivity index (χ0v) is 13.6. The highest BCUT2D eigenvalue weighted by Gasteiger charge is 2.31. The first-order valence-electron chi connectivity index (χ1n) is 7.75. The molecule has 0 aromatic heterocycles. The largest absolute Gasteiger partial charge is 0.573 e. The summed E-state index contributed by atoms with van der Waals surface area (Å²) in [5.41, 5.74) is 0.438. The maximum Gasteiger partial charge on any atom is 0.573 e. The summed E-state index contributed by atoms with van der Waals surface area (Å²) in [5, 5.41) is 2.67. The van der Waals surface area contributed by atoms with Crippen LogP contribution in [0.5, 0.6) is 5.75 Å². The van der Waals surface area contributed by atoms with Gasteiger partial charge in [0, 0.05) is 18.8 Å². The summed E-state index contributed by atoms with van der Waals surface area (Å²) in [6.07, 6.45) is -2.78. The molecule has 1 aliphatic heterocycles. The average Bonchev–Trinajstić information content (AvgIpc) is 2.50. The number of benzene rings is 1. The third-order valence-electron chi connectivity index (χ3n) is 3.41. The Bertz CT molecular complexity index is 481. The molecule has 1 heterocycles. The number of carbonyl (C=O) groups is 1. The number of urea groups is 1. The Hall–Kier alpha value is -1.92. The molecule has 0 unspecified atom stereocenters. The van der Waals surface area contributed by atoms with Gasteiger partial charge in [-0.3, -0.25) is 0 Å². The smallest absolute Gasteiger partial charge is 0.406 e. The number of anilines is 1. The molecule has 1 aliphatic rings. The summed E-state index contributed by atoms with van der Waals surface area (Å²) in [7, 11) is 0. The van der Waals surface area contributed by atoms with Crippen molar-refractivity contribution in [3.8, 4) is 5.75 Å². The van der Waals surface area contributed by atoms with Gasteiger partial charge in [-0.2, -0.15) is 0 Å². The van der Waals surface area contributed by atoms with E-state index in [4.69, 9.17) is 0 Å². The molecule has 130 valence electrons. The van der Waals surface area contributed by atoms with Crippen molar-refractivity contribution in [1.82, 2.24) is 4.90 Å². The van der Waals surface area contributed by atoms with Crippen LogP contribution in [0.25, 0.3) is 0 Å². The van der Waals surface area contributed by atoms with Crippen molar-refractivity contribution in [2.24, 2.45) is 5.92 Å². The maximum absolute atomic E-state index is 12.0. The molecule has 0 spiro atoms. The van der Waals surface area contributed by atoms with Crippen molar-refractivity contribution >= 4 is 11.7 Å². The number of rotatable bonds is 2. The maximum atomic E-state index is 12.0. The van der Waals surface area contributed by atoms with E-state index in [2.05, 4.69) is 17.0 Å². The molecule has 23 heavy (non-hydrogen) atoms. The van der Waals surface area contributed by atoms with Gasteiger partial charge in [-0.15, -0.1) is 13.2 Å². The summed E-state index contributed by atoms with van der Waals surface area (Å²) in [6, 6.07) is 4.87. The Balaban J connectivity index is 0.00000127. The van der Waals surface area contributed by atoms with E-state index >= 15 is 0 Å². The van der Waals surface area contributed by atoms with Crippen LogP contribution >= 0.6 is 0 Å². The number of carbonyl (C=O) groups excluding carboxylic acids is 1. The van der Waals surface area contributed by atoms with Gasteiger partial charge >= 0.3 is 12.4 Å². The average molecular weight is 332 g/mol. The molecule has 1 N–H and O–H groups in total. The van der Waals surface area contributed by atoms with Crippen LogP contribution in [0.4, 0.5) is 23.7 Å². The molecule has 2 rings (SSSR count). The van der Waals surface area contributed by atoms with Crippen molar-refractivity contribution in [2.75, 3.05) is 18.4 Å². The molecule has 1 saturated heterocycles. The minimum Gasteiger partial charge on any atom is -0.406 e. The van der Waals surface area contributed by atoms with Gasteiger partial charge in [0.05, 0.1) is 0 Å². The van der Waals surface area contributed by atoms with Gasteiger partial charge in [0.15, 0.2) is 0 Å². The first kappa shape index (κ1) is 19.1. The molecule has 1 aromatic carbocycles. The lowest BCUT2D eigenvalue weighted by molar-refractivity contribution is -0.274. The Morgan fingerprint density at radius 3 is 2.17 bits per heavy atom. The van der Waals surface area contributed by atoms with E-state index < -0.39 is 6.36 Å². The van der Waals surface area contributed by atoms with Crippen LogP contribution < -0.4 is 10.1 Å². The number of ether oxygens (including phenoxy) is 1. The normalized spacial score (nSPS) is 15.5. The quantitative estimate of drug-likeness (QED) is 0.839. The Kier molecular flexibility index (Phi) is 7.19. The lowest BCUT2D eigenvalue weighted by Gasteiger charge is -2.30. The van der Waals surface area contributed by atoms with Crippen LogP contribution in [-0.4, -0.2) is 30.4 Å². The van der Waals surface area contributed by atoms with Crippen LogP contribution in [0.2, 0.25) is 0 Å². The molecule has 4 nitrogen and oxygen atoms in total. The first-order valence-corrected chi connectivity index (χ1v) is 7.75. The van der Waals surface area contributed by atoms with Gasteiger partial charge < -0.3 is 15.0 Å². The molecule has 0 saturated carbocycles. The zero-order chi connectivity index (χ0) is 17.5. The highest BCUT2D eigenvalue weighted by molar-refractivity contribution is 5.89. The lowest BCUT2D eigenvalue weighted by atomic mass is 10.00. The zero-order valence-electron chi connectivity index (χ0n) is 13.6. The van der Waals surface area contributed by atoms with E-state index in [1.54, 1.807) is 4.90 Å². The van der Waals surface area contributed by atoms with Gasteiger partial charge in [0.25, 0.3) is 0 Å². The van der Waals surface area contributed by atoms with Crippen LogP contribution in [0.15, 0.2) is 24.3 Å². The summed E-state index contributed by atoms with van der Waals surface area (Å²) >= 11 is 0. The molecule has 0 radical (unpaired) electrons. The van der Waals surface area contributed by atoms with E-state index in [1.165, 1.54) is 24.3 Å². The van der Waals surface area contributed by atoms with Gasteiger partial charge in [-0.1, -0.05) is 20.8 Å². The third kappa shape index (κ3) is 6.80. The SMILES string of the molecule is CC.CC1CCN(C(=O)Nc2ccc(OC(F)(F)F)cc2)CC1. The minimum absolute atomic E-state index is 0.230. The number of halogens is 3. The second kappa shape index (κ2) is 8.64. The molecular weight excluding hydrogens is 309 g/mol. The Morgan fingerprint density at radius 2 is 1.70 bits per heavy atom. The predicted molar refractivity (Wildman–Crippen MR) is 83.5 cm³/mol. The van der Waals surface area contributed by atoms with E-state index in [-0.39, 0.29) is 11.8 Å². The Labute approximate surface area is 134 Å².